The smallest absolute Gasteiger partial charge is 0.272 e. The average molecular weight is 385 g/mol. The Balaban J connectivity index is 1.91. The third kappa shape index (κ3) is 3.38. The van der Waals surface area contributed by atoms with E-state index in [2.05, 4.69) is 37.0 Å². The van der Waals surface area contributed by atoms with E-state index in [1.807, 2.05) is 24.3 Å². The Morgan fingerprint density at radius 3 is 2.71 bits per heavy atom. The summed E-state index contributed by atoms with van der Waals surface area (Å²) in [5.74, 6) is 0.676. The van der Waals surface area contributed by atoms with Gasteiger partial charge < -0.3 is 9.47 Å². The van der Waals surface area contributed by atoms with Crippen LogP contribution in [0.25, 0.3) is 11.0 Å². The molecule has 0 saturated heterocycles. The highest BCUT2D eigenvalue weighted by Gasteiger charge is 2.17. The Hall–Kier alpha value is -2.47. The molecule has 0 aliphatic heterocycles. The highest BCUT2D eigenvalue weighted by atomic mass is 79.9. The van der Waals surface area contributed by atoms with Crippen molar-refractivity contribution in [2.45, 2.75) is 13.1 Å². The quantitative estimate of drug-likeness (QED) is 0.674. The molecule has 0 saturated carbocycles. The molecule has 3 rings (SSSR count). The van der Waals surface area contributed by atoms with E-state index in [9.17, 15) is 4.79 Å². The van der Waals surface area contributed by atoms with Gasteiger partial charge in [0.05, 0.1) is 24.1 Å². The molecule has 0 fully saturated rings. The first-order chi connectivity index (χ1) is 11.6. The number of hydrogen-bond acceptors (Lipinski definition) is 3. The van der Waals surface area contributed by atoms with Crippen LogP contribution >= 0.6 is 15.9 Å². The molecule has 5 nitrogen and oxygen atoms in total. The van der Waals surface area contributed by atoms with Gasteiger partial charge >= 0.3 is 0 Å². The van der Waals surface area contributed by atoms with Crippen LogP contribution in [-0.4, -0.2) is 32.4 Å². The zero-order valence-corrected chi connectivity index (χ0v) is 14.9. The summed E-state index contributed by atoms with van der Waals surface area (Å²) in [6.07, 6.45) is 1.62. The van der Waals surface area contributed by atoms with E-state index in [1.54, 1.807) is 36.3 Å². The largest absolute Gasteiger partial charge is 0.333 e. The predicted molar refractivity (Wildman–Crippen MR) is 97.8 cm³/mol. The first-order valence-corrected chi connectivity index (χ1v) is 8.29. The lowest BCUT2D eigenvalue weighted by Gasteiger charge is -2.17. The zero-order chi connectivity index (χ0) is 17.1. The maximum absolute atomic E-state index is 12.5. The van der Waals surface area contributed by atoms with Gasteiger partial charge in [0, 0.05) is 17.7 Å². The average Bonchev–Trinajstić information content (AvgIpc) is 2.92. The number of pyridine rings is 1. The molecule has 0 unspecified atom stereocenters. The molecule has 0 bridgehead atoms. The van der Waals surface area contributed by atoms with Crippen molar-refractivity contribution in [1.29, 1.82) is 0 Å². The number of para-hydroxylation sites is 2. The monoisotopic (exact) mass is 384 g/mol. The van der Waals surface area contributed by atoms with Crippen LogP contribution in [0.1, 0.15) is 16.3 Å². The van der Waals surface area contributed by atoms with Gasteiger partial charge in [-0.3, -0.25) is 9.78 Å². The number of hydrogen-bond donors (Lipinski definition) is 0. The van der Waals surface area contributed by atoms with Gasteiger partial charge in [0.25, 0.3) is 5.91 Å². The Bertz CT molecular complexity index is 888. The van der Waals surface area contributed by atoms with Crippen molar-refractivity contribution < 1.29 is 4.79 Å². The summed E-state index contributed by atoms with van der Waals surface area (Å²) in [6, 6.07) is 13.2. The molecule has 0 N–H and O–H groups in total. The molecule has 0 spiro atoms. The summed E-state index contributed by atoms with van der Waals surface area (Å²) in [7, 11) is 1.75. The first-order valence-electron chi connectivity index (χ1n) is 7.50. The molecule has 1 aromatic carbocycles. The molecule has 3 aromatic rings. The van der Waals surface area contributed by atoms with Crippen LogP contribution in [0.15, 0.2) is 59.7 Å². The van der Waals surface area contributed by atoms with E-state index in [0.29, 0.717) is 18.8 Å². The number of rotatable bonds is 5. The van der Waals surface area contributed by atoms with Gasteiger partial charge in [-0.2, -0.15) is 0 Å². The van der Waals surface area contributed by atoms with Crippen molar-refractivity contribution >= 4 is 32.9 Å². The minimum atomic E-state index is -0.133. The molecule has 0 aliphatic rings. The lowest BCUT2D eigenvalue weighted by molar-refractivity contribution is 0.0774. The molecular formula is C18H17BrN4O. The number of nitrogens with zero attached hydrogens (tertiary/aromatic N) is 4. The fraction of sp³-hybridized carbons (Fsp3) is 0.167. The lowest BCUT2D eigenvalue weighted by Crippen LogP contribution is -2.28. The van der Waals surface area contributed by atoms with Crippen LogP contribution in [0.5, 0.6) is 0 Å². The molecule has 0 radical (unpaired) electrons. The van der Waals surface area contributed by atoms with E-state index >= 15 is 0 Å². The third-order valence-corrected chi connectivity index (χ3v) is 3.92. The van der Waals surface area contributed by atoms with Crippen LogP contribution < -0.4 is 0 Å². The number of halogens is 1. The van der Waals surface area contributed by atoms with Crippen molar-refractivity contribution in [2.75, 3.05) is 7.05 Å². The normalized spacial score (nSPS) is 10.8. The number of amides is 1. The van der Waals surface area contributed by atoms with Gasteiger partial charge in [-0.1, -0.05) is 40.7 Å². The van der Waals surface area contributed by atoms with E-state index in [1.165, 1.54) is 0 Å². The topological polar surface area (TPSA) is 51.0 Å². The summed E-state index contributed by atoms with van der Waals surface area (Å²) in [5.41, 5.74) is 2.35. The molecule has 122 valence electrons. The Labute approximate surface area is 148 Å². The fourth-order valence-corrected chi connectivity index (χ4v) is 2.81. The van der Waals surface area contributed by atoms with Crippen molar-refractivity contribution in [2.24, 2.45) is 0 Å². The van der Waals surface area contributed by atoms with Crippen molar-refractivity contribution in [1.82, 2.24) is 19.4 Å². The Morgan fingerprint density at radius 1 is 1.25 bits per heavy atom. The van der Waals surface area contributed by atoms with Crippen LogP contribution in [0.4, 0.5) is 0 Å². The predicted octanol–water partition coefficient (Wildman–Crippen LogP) is 3.61. The standard InChI is InChI=1S/C18H17BrN4O/c1-13(19)11-23-16-9-4-3-7-14(16)21-17(23)12-22(2)18(24)15-8-5-6-10-20-15/h3-10H,1,11-12H2,2H3. The summed E-state index contributed by atoms with van der Waals surface area (Å²) >= 11 is 3.41. The lowest BCUT2D eigenvalue weighted by atomic mass is 10.3. The second-order valence-corrected chi connectivity index (χ2v) is 6.62. The molecule has 0 atom stereocenters. The minimum Gasteiger partial charge on any atom is -0.333 e. The molecule has 1 amide bonds. The van der Waals surface area contributed by atoms with Gasteiger partial charge in [-0.15, -0.1) is 0 Å². The summed E-state index contributed by atoms with van der Waals surface area (Å²) in [6.45, 7) is 4.91. The molecule has 2 heterocycles. The van der Waals surface area contributed by atoms with Crippen molar-refractivity contribution in [3.05, 3.63) is 71.2 Å². The van der Waals surface area contributed by atoms with Crippen LogP contribution in [0.2, 0.25) is 0 Å². The first kappa shape index (κ1) is 16.4. The highest BCUT2D eigenvalue weighted by molar-refractivity contribution is 9.11. The maximum Gasteiger partial charge on any atom is 0.272 e. The minimum absolute atomic E-state index is 0.133. The van der Waals surface area contributed by atoms with Crippen molar-refractivity contribution in [3.63, 3.8) is 0 Å². The molecular weight excluding hydrogens is 368 g/mol. The number of carbonyl (C=O) groups excluding carboxylic acids is 1. The molecule has 6 heteroatoms. The zero-order valence-electron chi connectivity index (χ0n) is 13.3. The number of carbonyl (C=O) groups is 1. The van der Waals surface area contributed by atoms with Gasteiger partial charge in [0.1, 0.15) is 11.5 Å². The van der Waals surface area contributed by atoms with E-state index < -0.39 is 0 Å². The van der Waals surface area contributed by atoms with Crippen molar-refractivity contribution in [3.8, 4) is 0 Å². The second kappa shape index (κ2) is 6.97. The van der Waals surface area contributed by atoms with E-state index in [0.717, 1.165) is 21.3 Å². The second-order valence-electron chi connectivity index (χ2n) is 5.50. The number of benzene rings is 1. The molecule has 2 aromatic heterocycles. The van der Waals surface area contributed by atoms with E-state index in [4.69, 9.17) is 0 Å². The number of allylic oxidation sites excluding steroid dienone is 1. The SMILES string of the molecule is C=C(Br)Cn1c(CN(C)C(=O)c2ccccn2)nc2ccccc21. The highest BCUT2D eigenvalue weighted by Crippen LogP contribution is 2.20. The van der Waals surface area contributed by atoms with Gasteiger partial charge in [0.2, 0.25) is 0 Å². The fourth-order valence-electron chi connectivity index (χ4n) is 2.56. The van der Waals surface area contributed by atoms with Gasteiger partial charge in [0.15, 0.2) is 0 Å². The number of fused-ring (bicyclic) bond motifs is 1. The van der Waals surface area contributed by atoms with Crippen LogP contribution in [0, 0.1) is 0 Å². The summed E-state index contributed by atoms with van der Waals surface area (Å²) in [5, 5.41) is 0. The Kier molecular flexibility index (Phi) is 4.76. The molecule has 0 aliphatic carbocycles. The van der Waals surface area contributed by atoms with Crippen LogP contribution in [0.3, 0.4) is 0 Å². The summed E-state index contributed by atoms with van der Waals surface area (Å²) in [4.78, 5) is 22.9. The van der Waals surface area contributed by atoms with E-state index in [-0.39, 0.29) is 5.91 Å². The third-order valence-electron chi connectivity index (χ3n) is 3.67. The molecule has 24 heavy (non-hydrogen) atoms. The van der Waals surface area contributed by atoms with Crippen LogP contribution in [-0.2, 0) is 13.1 Å². The summed E-state index contributed by atoms with van der Waals surface area (Å²) < 4.78 is 2.92. The van der Waals surface area contributed by atoms with Gasteiger partial charge in [-0.05, 0) is 24.3 Å². The maximum atomic E-state index is 12.5. The van der Waals surface area contributed by atoms with Gasteiger partial charge in [-0.25, -0.2) is 4.98 Å². The number of aromatic nitrogens is 3. The Morgan fingerprint density at radius 2 is 2.00 bits per heavy atom. The number of imidazole rings is 1.